The van der Waals surface area contributed by atoms with Gasteiger partial charge in [0.25, 0.3) is 0 Å². The van der Waals surface area contributed by atoms with E-state index in [1.54, 1.807) is 18.2 Å². The maximum absolute atomic E-state index is 13.6. The molecule has 0 saturated carbocycles. The lowest BCUT2D eigenvalue weighted by Gasteiger charge is -2.22. The zero-order chi connectivity index (χ0) is 13.8. The first-order valence-corrected chi connectivity index (χ1v) is 6.82. The minimum Gasteiger partial charge on any atom is -0.370 e. The smallest absolute Gasteiger partial charge is 0.128 e. The van der Waals surface area contributed by atoms with Gasteiger partial charge < -0.3 is 4.90 Å². The molecule has 0 atom stereocenters. The first-order chi connectivity index (χ1) is 9.11. The number of hydrogen-bond donors (Lipinski definition) is 0. The lowest BCUT2D eigenvalue weighted by molar-refractivity contribution is 0.608. The van der Waals surface area contributed by atoms with Crippen LogP contribution in [-0.4, -0.2) is 7.05 Å². The summed E-state index contributed by atoms with van der Waals surface area (Å²) in [5.74, 6) is 0.192. The van der Waals surface area contributed by atoms with Crippen molar-refractivity contribution in [2.75, 3.05) is 11.9 Å². The van der Waals surface area contributed by atoms with Gasteiger partial charge in [-0.1, -0.05) is 35.9 Å². The molecule has 0 aromatic heterocycles. The molecule has 0 aliphatic rings. The van der Waals surface area contributed by atoms with Crippen molar-refractivity contribution in [3.8, 4) is 0 Å². The summed E-state index contributed by atoms with van der Waals surface area (Å²) in [6.07, 6.45) is 0. The summed E-state index contributed by atoms with van der Waals surface area (Å²) in [5, 5.41) is 0.643. The number of alkyl halides is 1. The molecule has 4 heteroatoms. The third-order valence-electron chi connectivity index (χ3n) is 2.97. The monoisotopic (exact) mass is 297 g/mol. The Morgan fingerprint density at radius 1 is 1.11 bits per heavy atom. The standard InChI is InChI=1S/C15H14Cl2FN/c1-19(10-12-4-2-3-5-14(12)18)15-8-13(17)7-6-11(15)9-16/h2-8H,9-10H2,1H3. The van der Waals surface area contributed by atoms with E-state index >= 15 is 0 Å². The van der Waals surface area contributed by atoms with Gasteiger partial charge in [-0.25, -0.2) is 4.39 Å². The summed E-state index contributed by atoms with van der Waals surface area (Å²) in [6, 6.07) is 12.3. The van der Waals surface area contributed by atoms with E-state index in [9.17, 15) is 4.39 Å². The molecule has 2 rings (SSSR count). The summed E-state index contributed by atoms with van der Waals surface area (Å²) in [5.41, 5.74) is 2.54. The Morgan fingerprint density at radius 2 is 1.84 bits per heavy atom. The molecule has 0 bridgehead atoms. The quantitative estimate of drug-likeness (QED) is 0.729. The highest BCUT2D eigenvalue weighted by molar-refractivity contribution is 6.31. The molecule has 1 nitrogen and oxygen atoms in total. The minimum absolute atomic E-state index is 0.205. The summed E-state index contributed by atoms with van der Waals surface area (Å²) < 4.78 is 13.6. The fourth-order valence-electron chi connectivity index (χ4n) is 1.97. The number of anilines is 1. The molecular formula is C15H14Cl2FN. The van der Waals surface area contributed by atoms with Crippen LogP contribution in [0.4, 0.5) is 10.1 Å². The molecule has 0 heterocycles. The largest absolute Gasteiger partial charge is 0.370 e. The minimum atomic E-state index is -0.205. The zero-order valence-corrected chi connectivity index (χ0v) is 12.0. The van der Waals surface area contributed by atoms with Gasteiger partial charge >= 0.3 is 0 Å². The van der Waals surface area contributed by atoms with Gasteiger partial charge in [0.05, 0.1) is 0 Å². The van der Waals surface area contributed by atoms with Gasteiger partial charge in [-0.3, -0.25) is 0 Å². The molecule has 0 N–H and O–H groups in total. The number of rotatable bonds is 4. The highest BCUT2D eigenvalue weighted by atomic mass is 35.5. The number of hydrogen-bond acceptors (Lipinski definition) is 1. The van der Waals surface area contributed by atoms with Crippen LogP contribution in [0.2, 0.25) is 5.02 Å². The van der Waals surface area contributed by atoms with E-state index in [1.165, 1.54) is 6.07 Å². The van der Waals surface area contributed by atoms with E-state index < -0.39 is 0 Å². The van der Waals surface area contributed by atoms with E-state index in [0.717, 1.165) is 11.3 Å². The second kappa shape index (κ2) is 6.27. The molecule has 0 fully saturated rings. The van der Waals surface area contributed by atoms with Crippen LogP contribution < -0.4 is 4.90 Å². The zero-order valence-electron chi connectivity index (χ0n) is 10.5. The maximum Gasteiger partial charge on any atom is 0.128 e. The Kier molecular flexibility index (Phi) is 4.67. The Labute approximate surface area is 122 Å². The average Bonchev–Trinajstić information content (AvgIpc) is 2.41. The SMILES string of the molecule is CN(Cc1ccccc1F)c1cc(Cl)ccc1CCl. The summed E-state index contributed by atoms with van der Waals surface area (Å²) in [7, 11) is 1.90. The highest BCUT2D eigenvalue weighted by Crippen LogP contribution is 2.27. The Balaban J connectivity index is 2.27. The molecular weight excluding hydrogens is 284 g/mol. The Bertz CT molecular complexity index is 572. The topological polar surface area (TPSA) is 3.24 Å². The molecule has 0 spiro atoms. The normalized spacial score (nSPS) is 10.5. The molecule has 0 unspecified atom stereocenters. The van der Waals surface area contributed by atoms with Crippen molar-refractivity contribution in [2.45, 2.75) is 12.4 Å². The van der Waals surface area contributed by atoms with E-state index in [-0.39, 0.29) is 5.82 Å². The number of benzene rings is 2. The van der Waals surface area contributed by atoms with Gasteiger partial charge in [0.15, 0.2) is 0 Å². The molecule has 19 heavy (non-hydrogen) atoms. The predicted octanol–water partition coefficient (Wildman–Crippen LogP) is 4.85. The van der Waals surface area contributed by atoms with E-state index in [0.29, 0.717) is 23.0 Å². The molecule has 0 aliphatic carbocycles. The Morgan fingerprint density at radius 3 is 2.53 bits per heavy atom. The van der Waals surface area contributed by atoms with Crippen molar-refractivity contribution in [3.05, 3.63) is 64.4 Å². The van der Waals surface area contributed by atoms with Gasteiger partial charge in [-0.05, 0) is 23.8 Å². The summed E-state index contributed by atoms with van der Waals surface area (Å²) in [6.45, 7) is 0.469. The van der Waals surface area contributed by atoms with Crippen molar-refractivity contribution in [1.82, 2.24) is 0 Å². The number of halogens is 3. The second-order valence-electron chi connectivity index (χ2n) is 4.35. The lowest BCUT2D eigenvalue weighted by Crippen LogP contribution is -2.18. The maximum atomic E-state index is 13.6. The summed E-state index contributed by atoms with van der Waals surface area (Å²) >= 11 is 11.9. The fourth-order valence-corrected chi connectivity index (χ4v) is 2.37. The Hall–Kier alpha value is -1.25. The van der Waals surface area contributed by atoms with Crippen LogP contribution in [0.15, 0.2) is 42.5 Å². The van der Waals surface area contributed by atoms with Crippen LogP contribution in [0, 0.1) is 5.82 Å². The molecule has 0 aliphatic heterocycles. The van der Waals surface area contributed by atoms with Crippen LogP contribution in [0.1, 0.15) is 11.1 Å². The van der Waals surface area contributed by atoms with Crippen molar-refractivity contribution < 1.29 is 4.39 Å². The van der Waals surface area contributed by atoms with Gasteiger partial charge in [0.1, 0.15) is 5.82 Å². The van der Waals surface area contributed by atoms with Crippen molar-refractivity contribution >= 4 is 28.9 Å². The first-order valence-electron chi connectivity index (χ1n) is 5.90. The molecule has 100 valence electrons. The van der Waals surface area contributed by atoms with Crippen LogP contribution in [0.3, 0.4) is 0 Å². The summed E-state index contributed by atoms with van der Waals surface area (Å²) in [4.78, 5) is 1.95. The average molecular weight is 298 g/mol. The molecule has 0 amide bonds. The molecule has 2 aromatic rings. The first kappa shape index (κ1) is 14.2. The van der Waals surface area contributed by atoms with Crippen LogP contribution in [0.25, 0.3) is 0 Å². The van der Waals surface area contributed by atoms with Gasteiger partial charge in [-0.15, -0.1) is 11.6 Å². The van der Waals surface area contributed by atoms with Crippen molar-refractivity contribution in [1.29, 1.82) is 0 Å². The lowest BCUT2D eigenvalue weighted by atomic mass is 10.1. The van der Waals surface area contributed by atoms with Gasteiger partial charge in [0.2, 0.25) is 0 Å². The van der Waals surface area contributed by atoms with Crippen molar-refractivity contribution in [2.24, 2.45) is 0 Å². The van der Waals surface area contributed by atoms with Gasteiger partial charge in [-0.2, -0.15) is 0 Å². The van der Waals surface area contributed by atoms with E-state index in [1.807, 2.05) is 30.1 Å². The highest BCUT2D eigenvalue weighted by Gasteiger charge is 2.10. The van der Waals surface area contributed by atoms with Gasteiger partial charge in [0, 0.05) is 35.7 Å². The van der Waals surface area contributed by atoms with Crippen LogP contribution >= 0.6 is 23.2 Å². The second-order valence-corrected chi connectivity index (χ2v) is 5.06. The van der Waals surface area contributed by atoms with E-state index in [2.05, 4.69) is 0 Å². The van der Waals surface area contributed by atoms with E-state index in [4.69, 9.17) is 23.2 Å². The fraction of sp³-hybridized carbons (Fsp3) is 0.200. The third kappa shape index (κ3) is 3.40. The number of nitrogens with zero attached hydrogens (tertiary/aromatic N) is 1. The predicted molar refractivity (Wildman–Crippen MR) is 79.5 cm³/mol. The van der Waals surface area contributed by atoms with Crippen LogP contribution in [0.5, 0.6) is 0 Å². The third-order valence-corrected chi connectivity index (χ3v) is 3.49. The van der Waals surface area contributed by atoms with Crippen LogP contribution in [-0.2, 0) is 12.4 Å². The van der Waals surface area contributed by atoms with Crippen molar-refractivity contribution in [3.63, 3.8) is 0 Å². The molecule has 0 radical (unpaired) electrons. The molecule has 2 aromatic carbocycles. The molecule has 0 saturated heterocycles.